The fraction of sp³-hybridized carbons (Fsp3) is 0.900. The van der Waals surface area contributed by atoms with Gasteiger partial charge in [-0.15, -0.1) is 11.6 Å². The number of nitrogens with zero attached hydrogens (tertiary/aromatic N) is 1. The zero-order valence-corrected chi connectivity index (χ0v) is 9.50. The molecule has 82 valence electrons. The van der Waals surface area contributed by atoms with E-state index in [4.69, 9.17) is 11.6 Å². The number of hydrogen-bond acceptors (Lipinski definition) is 2. The number of carbonyl (C=O) groups is 1. The van der Waals surface area contributed by atoms with Crippen molar-refractivity contribution >= 4 is 17.5 Å². The van der Waals surface area contributed by atoms with Gasteiger partial charge in [0.2, 0.25) is 5.91 Å². The number of amides is 1. The monoisotopic (exact) mass is 219 g/mol. The highest BCUT2D eigenvalue weighted by Crippen LogP contribution is 2.21. The first-order valence-corrected chi connectivity index (χ1v) is 5.60. The summed E-state index contributed by atoms with van der Waals surface area (Å²) >= 11 is 5.87. The fourth-order valence-corrected chi connectivity index (χ4v) is 1.89. The van der Waals surface area contributed by atoms with Gasteiger partial charge in [0.15, 0.2) is 0 Å². The first-order valence-electron chi connectivity index (χ1n) is 5.17. The smallest absolute Gasteiger partial charge is 0.240 e. The van der Waals surface area contributed by atoms with E-state index in [9.17, 15) is 9.90 Å². The van der Waals surface area contributed by atoms with Crippen LogP contribution >= 0.6 is 11.6 Å². The van der Waals surface area contributed by atoms with Crippen molar-refractivity contribution in [3.05, 3.63) is 0 Å². The first-order chi connectivity index (χ1) is 6.56. The Labute approximate surface area is 90.0 Å². The average Bonchev–Trinajstić information content (AvgIpc) is 2.64. The minimum Gasteiger partial charge on any atom is -0.393 e. The van der Waals surface area contributed by atoms with Gasteiger partial charge in [0.05, 0.1) is 6.10 Å². The Morgan fingerprint density at radius 2 is 2.36 bits per heavy atom. The summed E-state index contributed by atoms with van der Waals surface area (Å²) in [7, 11) is 0. The molecule has 1 rings (SSSR count). The van der Waals surface area contributed by atoms with Gasteiger partial charge < -0.3 is 10.0 Å². The number of alkyl halides is 1. The molecule has 1 fully saturated rings. The third kappa shape index (κ3) is 2.61. The normalized spacial score (nSPS) is 26.3. The fourth-order valence-electron chi connectivity index (χ4n) is 1.75. The number of aliphatic hydroxyl groups excluding tert-OH is 1. The van der Waals surface area contributed by atoms with Gasteiger partial charge in [-0.1, -0.05) is 6.92 Å². The van der Waals surface area contributed by atoms with Gasteiger partial charge in [-0.2, -0.15) is 0 Å². The number of hydrogen-bond donors (Lipinski definition) is 1. The number of halogens is 1. The lowest BCUT2D eigenvalue weighted by molar-refractivity contribution is -0.130. The molecule has 0 radical (unpaired) electrons. The van der Waals surface area contributed by atoms with Crippen molar-refractivity contribution in [1.82, 2.24) is 4.90 Å². The SMILES string of the molecule is CC[C@H](Cl)C(=O)N1CC[C@@H]([C@@H](C)O)C1. The van der Waals surface area contributed by atoms with Crippen LogP contribution in [-0.2, 0) is 4.79 Å². The van der Waals surface area contributed by atoms with Gasteiger partial charge in [0.1, 0.15) is 5.38 Å². The van der Waals surface area contributed by atoms with Crippen LogP contribution in [0.4, 0.5) is 0 Å². The molecular formula is C10H18ClNO2. The van der Waals surface area contributed by atoms with Crippen LogP contribution < -0.4 is 0 Å². The van der Waals surface area contributed by atoms with Crippen LogP contribution in [0.3, 0.4) is 0 Å². The number of likely N-dealkylation sites (tertiary alicyclic amines) is 1. The topological polar surface area (TPSA) is 40.5 Å². The van der Waals surface area contributed by atoms with Gasteiger partial charge >= 0.3 is 0 Å². The van der Waals surface area contributed by atoms with E-state index in [-0.39, 0.29) is 17.9 Å². The van der Waals surface area contributed by atoms with Gasteiger partial charge in [-0.05, 0) is 19.8 Å². The second kappa shape index (κ2) is 4.99. The van der Waals surface area contributed by atoms with Gasteiger partial charge in [-0.25, -0.2) is 0 Å². The molecule has 0 saturated carbocycles. The van der Waals surface area contributed by atoms with Crippen LogP contribution in [0.5, 0.6) is 0 Å². The third-order valence-electron chi connectivity index (χ3n) is 2.84. The van der Waals surface area contributed by atoms with Crippen molar-refractivity contribution in [2.45, 2.75) is 38.2 Å². The van der Waals surface area contributed by atoms with Gasteiger partial charge in [0, 0.05) is 19.0 Å². The standard InChI is InChI=1S/C10H18ClNO2/c1-3-9(11)10(14)12-5-4-8(6-12)7(2)13/h7-9,13H,3-6H2,1-2H3/t7-,8-,9+/m1/s1. The Morgan fingerprint density at radius 1 is 1.71 bits per heavy atom. The Hall–Kier alpha value is -0.280. The molecule has 4 heteroatoms. The van der Waals surface area contributed by atoms with Crippen molar-refractivity contribution in [3.63, 3.8) is 0 Å². The largest absolute Gasteiger partial charge is 0.393 e. The van der Waals surface area contributed by atoms with Gasteiger partial charge in [-0.3, -0.25) is 4.79 Å². The molecule has 0 spiro atoms. The number of rotatable bonds is 3. The molecule has 0 aromatic carbocycles. The highest BCUT2D eigenvalue weighted by Gasteiger charge is 2.31. The molecule has 1 aliphatic heterocycles. The van der Waals surface area contributed by atoms with Crippen LogP contribution in [-0.4, -0.2) is 40.5 Å². The molecule has 3 nitrogen and oxygen atoms in total. The predicted molar refractivity (Wildman–Crippen MR) is 56.3 cm³/mol. The highest BCUT2D eigenvalue weighted by atomic mass is 35.5. The molecule has 14 heavy (non-hydrogen) atoms. The molecule has 1 N–H and O–H groups in total. The van der Waals surface area contributed by atoms with E-state index < -0.39 is 5.38 Å². The third-order valence-corrected chi connectivity index (χ3v) is 3.34. The molecule has 0 bridgehead atoms. The van der Waals surface area contributed by atoms with E-state index in [1.807, 2.05) is 6.92 Å². The van der Waals surface area contributed by atoms with Crippen molar-refractivity contribution in [2.24, 2.45) is 5.92 Å². The first kappa shape index (κ1) is 11.8. The minimum absolute atomic E-state index is 0.0114. The maximum Gasteiger partial charge on any atom is 0.240 e. The van der Waals surface area contributed by atoms with Crippen molar-refractivity contribution in [3.8, 4) is 0 Å². The van der Waals surface area contributed by atoms with Crippen molar-refractivity contribution < 1.29 is 9.90 Å². The second-order valence-electron chi connectivity index (χ2n) is 3.95. The van der Waals surface area contributed by atoms with E-state index >= 15 is 0 Å². The lowest BCUT2D eigenvalue weighted by Gasteiger charge is -2.19. The van der Waals surface area contributed by atoms with Crippen LogP contribution in [0.1, 0.15) is 26.7 Å². The molecule has 0 unspecified atom stereocenters. The molecule has 0 aromatic heterocycles. The van der Waals surface area contributed by atoms with Crippen LogP contribution in [0.15, 0.2) is 0 Å². The summed E-state index contributed by atoms with van der Waals surface area (Å²) in [5.41, 5.74) is 0. The maximum absolute atomic E-state index is 11.7. The van der Waals surface area contributed by atoms with Crippen molar-refractivity contribution in [2.75, 3.05) is 13.1 Å². The second-order valence-corrected chi connectivity index (χ2v) is 4.48. The molecule has 0 aromatic rings. The predicted octanol–water partition coefficient (Wildman–Crippen LogP) is 1.23. The summed E-state index contributed by atoms with van der Waals surface area (Å²) in [5.74, 6) is 0.233. The van der Waals surface area contributed by atoms with E-state index in [0.717, 1.165) is 13.0 Å². The summed E-state index contributed by atoms with van der Waals surface area (Å²) in [4.78, 5) is 13.4. The van der Waals surface area contributed by atoms with Crippen LogP contribution in [0.25, 0.3) is 0 Å². The molecule has 1 amide bonds. The summed E-state index contributed by atoms with van der Waals surface area (Å²) in [5, 5.41) is 8.98. The molecule has 1 aliphatic rings. The molecule has 1 saturated heterocycles. The summed E-state index contributed by atoms with van der Waals surface area (Å²) in [6, 6.07) is 0. The molecular weight excluding hydrogens is 202 g/mol. The highest BCUT2D eigenvalue weighted by molar-refractivity contribution is 6.30. The van der Waals surface area contributed by atoms with E-state index in [1.165, 1.54) is 0 Å². The quantitative estimate of drug-likeness (QED) is 0.726. The molecule has 1 heterocycles. The summed E-state index contributed by atoms with van der Waals surface area (Å²) < 4.78 is 0. The van der Waals surface area contributed by atoms with E-state index in [2.05, 4.69) is 0 Å². The van der Waals surface area contributed by atoms with E-state index in [1.54, 1.807) is 11.8 Å². The Morgan fingerprint density at radius 3 is 2.79 bits per heavy atom. The van der Waals surface area contributed by atoms with Gasteiger partial charge in [0.25, 0.3) is 0 Å². The average molecular weight is 220 g/mol. The number of carbonyl (C=O) groups excluding carboxylic acids is 1. The lowest BCUT2D eigenvalue weighted by Crippen LogP contribution is -2.35. The summed E-state index contributed by atoms with van der Waals surface area (Å²) in [6.07, 6.45) is 1.22. The lowest BCUT2D eigenvalue weighted by atomic mass is 10.0. The van der Waals surface area contributed by atoms with Crippen molar-refractivity contribution in [1.29, 1.82) is 0 Å². The zero-order chi connectivity index (χ0) is 10.7. The van der Waals surface area contributed by atoms with Crippen LogP contribution in [0, 0.1) is 5.92 Å². The van der Waals surface area contributed by atoms with E-state index in [0.29, 0.717) is 13.0 Å². The summed E-state index contributed by atoms with van der Waals surface area (Å²) in [6.45, 7) is 5.06. The Bertz CT molecular complexity index is 208. The Kier molecular flexibility index (Phi) is 4.20. The molecule has 0 aliphatic carbocycles. The zero-order valence-electron chi connectivity index (χ0n) is 8.74. The Balaban J connectivity index is 2.45. The maximum atomic E-state index is 11.7. The van der Waals surface area contributed by atoms with Crippen LogP contribution in [0.2, 0.25) is 0 Å². The molecule has 3 atom stereocenters. The minimum atomic E-state index is -0.400. The number of aliphatic hydroxyl groups is 1.